The average molecular weight is 392 g/mol. The van der Waals surface area contributed by atoms with Crippen LogP contribution in [-0.2, 0) is 6.42 Å². The van der Waals surface area contributed by atoms with Gasteiger partial charge in [0.05, 0.1) is 22.8 Å². The second kappa shape index (κ2) is 8.15. The molecular formula is C23H29N5O. The zero-order valence-corrected chi connectivity index (χ0v) is 17.1. The first kappa shape index (κ1) is 19.3. The maximum absolute atomic E-state index is 7.95. The highest BCUT2D eigenvalue weighted by molar-refractivity contribution is 6.00. The molecule has 4 N–H and O–H groups in total. The molecule has 1 aliphatic rings. The van der Waals surface area contributed by atoms with Crippen LogP contribution in [0.15, 0.2) is 42.5 Å². The Labute approximate surface area is 171 Å². The Hall–Kier alpha value is -3.02. The van der Waals surface area contributed by atoms with E-state index in [0.717, 1.165) is 66.2 Å². The smallest absolute Gasteiger partial charge is 0.124 e. The summed E-state index contributed by atoms with van der Waals surface area (Å²) >= 11 is 0. The van der Waals surface area contributed by atoms with Crippen molar-refractivity contribution < 1.29 is 4.74 Å². The van der Waals surface area contributed by atoms with E-state index < -0.39 is 0 Å². The lowest BCUT2D eigenvalue weighted by molar-refractivity contribution is 0.242. The van der Waals surface area contributed by atoms with E-state index >= 15 is 0 Å². The van der Waals surface area contributed by atoms with Crippen LogP contribution >= 0.6 is 0 Å². The highest BCUT2D eigenvalue weighted by Gasteiger charge is 2.23. The third kappa shape index (κ3) is 4.36. The molecule has 0 amide bonds. The van der Waals surface area contributed by atoms with Crippen molar-refractivity contribution in [3.05, 3.63) is 53.9 Å². The number of imidazole rings is 1. The van der Waals surface area contributed by atoms with Crippen molar-refractivity contribution in [2.24, 2.45) is 11.7 Å². The number of nitrogen functional groups attached to an aromatic ring is 1. The summed E-state index contributed by atoms with van der Waals surface area (Å²) in [6, 6.07) is 14.0. The molecule has 152 valence electrons. The summed E-state index contributed by atoms with van der Waals surface area (Å²) in [7, 11) is 0. The number of hydrogen-bond donors (Lipinski definition) is 3. The largest absolute Gasteiger partial charge is 0.491 e. The third-order valence-corrected chi connectivity index (χ3v) is 5.51. The van der Waals surface area contributed by atoms with Gasteiger partial charge in [-0.25, -0.2) is 4.98 Å². The highest BCUT2D eigenvalue weighted by atomic mass is 16.5. The number of benzene rings is 2. The molecule has 1 fully saturated rings. The Morgan fingerprint density at radius 3 is 2.69 bits per heavy atom. The summed E-state index contributed by atoms with van der Waals surface area (Å²) in [5.41, 5.74) is 9.75. The third-order valence-electron chi connectivity index (χ3n) is 5.51. The van der Waals surface area contributed by atoms with Gasteiger partial charge in [0.15, 0.2) is 0 Å². The Morgan fingerprint density at radius 1 is 1.24 bits per heavy atom. The molecule has 2 aromatic carbocycles. The van der Waals surface area contributed by atoms with E-state index in [0.29, 0.717) is 5.92 Å². The van der Waals surface area contributed by atoms with Gasteiger partial charge in [0.1, 0.15) is 17.4 Å². The van der Waals surface area contributed by atoms with Crippen LogP contribution in [0, 0.1) is 11.3 Å². The molecule has 6 nitrogen and oxygen atoms in total. The molecule has 3 aromatic rings. The zero-order chi connectivity index (χ0) is 20.4. The molecule has 0 atom stereocenters. The minimum Gasteiger partial charge on any atom is -0.491 e. The summed E-state index contributed by atoms with van der Waals surface area (Å²) in [6.45, 7) is 5.91. The molecule has 29 heavy (non-hydrogen) atoms. The Kier molecular flexibility index (Phi) is 5.43. The van der Waals surface area contributed by atoms with Crippen LogP contribution in [0.2, 0.25) is 0 Å². The number of ether oxygens (including phenoxy) is 1. The number of hydrogen-bond acceptors (Lipinski definition) is 4. The first-order valence-corrected chi connectivity index (χ1v) is 10.3. The van der Waals surface area contributed by atoms with Gasteiger partial charge in [0.2, 0.25) is 0 Å². The van der Waals surface area contributed by atoms with Crippen molar-refractivity contribution in [1.82, 2.24) is 9.97 Å². The van der Waals surface area contributed by atoms with Crippen molar-refractivity contribution in [1.29, 1.82) is 5.41 Å². The fourth-order valence-electron chi connectivity index (χ4n) is 4.10. The van der Waals surface area contributed by atoms with Crippen molar-refractivity contribution in [3.8, 4) is 5.75 Å². The lowest BCUT2D eigenvalue weighted by atomic mass is 9.92. The lowest BCUT2D eigenvalue weighted by Gasteiger charge is -2.34. The fourth-order valence-corrected chi connectivity index (χ4v) is 4.10. The molecule has 0 radical (unpaired) electrons. The van der Waals surface area contributed by atoms with Crippen LogP contribution in [0.4, 0.5) is 5.69 Å². The molecule has 2 heterocycles. The minimum absolute atomic E-state index is 0.0977. The van der Waals surface area contributed by atoms with Crippen LogP contribution < -0.4 is 15.4 Å². The second-order valence-corrected chi connectivity index (χ2v) is 8.09. The molecule has 0 unspecified atom stereocenters. The molecule has 6 heteroatoms. The SMILES string of the molecule is CC(C)Oc1ccc(C(=N)N)c(N2CCC(Cc3nc4ccccc4[nH]3)CC2)c1. The van der Waals surface area contributed by atoms with Crippen LogP contribution in [0.3, 0.4) is 0 Å². The van der Waals surface area contributed by atoms with Crippen molar-refractivity contribution >= 4 is 22.6 Å². The number of nitrogens with two attached hydrogens (primary N) is 1. The van der Waals surface area contributed by atoms with E-state index in [1.165, 1.54) is 0 Å². The molecule has 1 aliphatic heterocycles. The predicted octanol–water partition coefficient (Wildman–Crippen LogP) is 4.09. The average Bonchev–Trinajstić information content (AvgIpc) is 3.10. The molecule has 0 aliphatic carbocycles. The van der Waals surface area contributed by atoms with E-state index in [9.17, 15) is 0 Å². The maximum atomic E-state index is 7.95. The summed E-state index contributed by atoms with van der Waals surface area (Å²) in [5.74, 6) is 2.59. The van der Waals surface area contributed by atoms with Crippen LogP contribution in [-0.4, -0.2) is 35.0 Å². The van der Waals surface area contributed by atoms with Gasteiger partial charge in [-0.2, -0.15) is 0 Å². The Morgan fingerprint density at radius 2 is 2.00 bits per heavy atom. The summed E-state index contributed by atoms with van der Waals surface area (Å²) in [5, 5.41) is 7.95. The van der Waals surface area contributed by atoms with Crippen LogP contribution in [0.25, 0.3) is 11.0 Å². The number of anilines is 1. The monoisotopic (exact) mass is 391 g/mol. The van der Waals surface area contributed by atoms with E-state index in [4.69, 9.17) is 20.9 Å². The van der Waals surface area contributed by atoms with Crippen LogP contribution in [0.1, 0.15) is 38.1 Å². The highest BCUT2D eigenvalue weighted by Crippen LogP contribution is 2.31. The van der Waals surface area contributed by atoms with Gasteiger partial charge in [-0.1, -0.05) is 12.1 Å². The van der Waals surface area contributed by atoms with Crippen molar-refractivity contribution in [2.45, 2.75) is 39.2 Å². The molecule has 1 aromatic heterocycles. The van der Waals surface area contributed by atoms with Gasteiger partial charge in [0.25, 0.3) is 0 Å². The van der Waals surface area contributed by atoms with Gasteiger partial charge in [0, 0.05) is 31.1 Å². The van der Waals surface area contributed by atoms with Crippen molar-refractivity contribution in [3.63, 3.8) is 0 Å². The molecule has 4 rings (SSSR count). The van der Waals surface area contributed by atoms with Gasteiger partial charge < -0.3 is 20.4 Å². The standard InChI is InChI=1S/C23H29N5O/c1-15(2)29-17-7-8-18(23(24)25)21(14-17)28-11-9-16(10-12-28)13-22-26-19-5-3-4-6-20(19)27-22/h3-8,14-16H,9-13H2,1-2H3,(H3,24,25)(H,26,27). The summed E-state index contributed by atoms with van der Waals surface area (Å²) < 4.78 is 5.86. The fraction of sp³-hybridized carbons (Fsp3) is 0.391. The Balaban J connectivity index is 1.45. The van der Waals surface area contributed by atoms with Gasteiger partial charge in [-0.15, -0.1) is 0 Å². The van der Waals surface area contributed by atoms with Gasteiger partial charge in [-0.05, 0) is 56.9 Å². The summed E-state index contributed by atoms with van der Waals surface area (Å²) in [6.07, 6.45) is 3.26. The number of fused-ring (bicyclic) bond motifs is 1. The quantitative estimate of drug-likeness (QED) is 0.436. The van der Waals surface area contributed by atoms with E-state index in [-0.39, 0.29) is 11.9 Å². The number of para-hydroxylation sites is 2. The van der Waals surface area contributed by atoms with Crippen LogP contribution in [0.5, 0.6) is 5.75 Å². The first-order chi connectivity index (χ1) is 14.0. The molecular weight excluding hydrogens is 362 g/mol. The Bertz CT molecular complexity index is 968. The minimum atomic E-state index is 0.0977. The topological polar surface area (TPSA) is 91.0 Å². The van der Waals surface area contributed by atoms with Gasteiger partial charge in [-0.3, -0.25) is 5.41 Å². The zero-order valence-electron chi connectivity index (χ0n) is 17.1. The first-order valence-electron chi connectivity index (χ1n) is 10.3. The number of nitrogens with zero attached hydrogens (tertiary/aromatic N) is 2. The predicted molar refractivity (Wildman–Crippen MR) is 118 cm³/mol. The summed E-state index contributed by atoms with van der Waals surface area (Å²) in [4.78, 5) is 10.5. The molecule has 0 bridgehead atoms. The number of aromatic nitrogens is 2. The molecule has 0 saturated carbocycles. The lowest BCUT2D eigenvalue weighted by Crippen LogP contribution is -2.35. The van der Waals surface area contributed by atoms with E-state index in [1.54, 1.807) is 0 Å². The van der Waals surface area contributed by atoms with E-state index in [1.807, 2.05) is 50.2 Å². The maximum Gasteiger partial charge on any atom is 0.124 e. The molecule has 1 saturated heterocycles. The number of H-pyrrole nitrogens is 1. The number of amidine groups is 1. The van der Waals surface area contributed by atoms with Gasteiger partial charge >= 0.3 is 0 Å². The number of nitrogens with one attached hydrogen (secondary N) is 2. The number of piperidine rings is 1. The molecule has 0 spiro atoms. The van der Waals surface area contributed by atoms with E-state index in [2.05, 4.69) is 16.0 Å². The second-order valence-electron chi connectivity index (χ2n) is 8.09. The number of aromatic amines is 1. The normalized spacial score (nSPS) is 15.2. The van der Waals surface area contributed by atoms with Crippen molar-refractivity contribution in [2.75, 3.05) is 18.0 Å². The number of rotatable bonds is 6.